The third-order valence-electron chi connectivity index (χ3n) is 3.61. The fourth-order valence-electron chi connectivity index (χ4n) is 2.17. The molecule has 0 spiro atoms. The van der Waals surface area contributed by atoms with Crippen molar-refractivity contribution < 1.29 is 14.3 Å². The highest BCUT2D eigenvalue weighted by molar-refractivity contribution is 5.85. The normalized spacial score (nSPS) is 20.4. The lowest BCUT2D eigenvalue weighted by Gasteiger charge is -2.25. The van der Waals surface area contributed by atoms with Crippen molar-refractivity contribution in [2.24, 2.45) is 11.8 Å². The van der Waals surface area contributed by atoms with Crippen LogP contribution in [0.1, 0.15) is 19.3 Å². The Balaban J connectivity index is 0.00000180. The third-order valence-corrected chi connectivity index (χ3v) is 3.61. The zero-order chi connectivity index (χ0) is 12.6. The van der Waals surface area contributed by atoms with Crippen molar-refractivity contribution in [1.29, 1.82) is 0 Å². The molecule has 2 aliphatic heterocycles. The van der Waals surface area contributed by atoms with E-state index < -0.39 is 0 Å². The number of hydrogen-bond donors (Lipinski definition) is 2. The Morgan fingerprint density at radius 2 is 2.05 bits per heavy atom. The Kier molecular flexibility index (Phi) is 8.37. The molecule has 2 N–H and O–H groups in total. The van der Waals surface area contributed by atoms with Gasteiger partial charge in [-0.15, -0.1) is 12.4 Å². The van der Waals surface area contributed by atoms with Crippen LogP contribution in [0.15, 0.2) is 0 Å². The highest BCUT2D eigenvalue weighted by atomic mass is 35.5. The van der Waals surface area contributed by atoms with E-state index in [0.29, 0.717) is 5.92 Å². The van der Waals surface area contributed by atoms with Gasteiger partial charge in [-0.25, -0.2) is 0 Å². The summed E-state index contributed by atoms with van der Waals surface area (Å²) in [6, 6.07) is 0. The van der Waals surface area contributed by atoms with Gasteiger partial charge in [0.05, 0.1) is 5.92 Å². The Morgan fingerprint density at radius 1 is 1.32 bits per heavy atom. The van der Waals surface area contributed by atoms with E-state index in [1.165, 1.54) is 0 Å². The van der Waals surface area contributed by atoms with Crippen LogP contribution in [0.25, 0.3) is 0 Å². The highest BCUT2D eigenvalue weighted by Gasteiger charge is 2.23. The summed E-state index contributed by atoms with van der Waals surface area (Å²) in [7, 11) is 0. The Hall–Kier alpha value is -0.360. The van der Waals surface area contributed by atoms with Gasteiger partial charge in [-0.2, -0.15) is 0 Å². The van der Waals surface area contributed by atoms with Crippen LogP contribution in [0.5, 0.6) is 0 Å². The van der Waals surface area contributed by atoms with Gasteiger partial charge in [-0.1, -0.05) is 0 Å². The van der Waals surface area contributed by atoms with Gasteiger partial charge in [-0.3, -0.25) is 4.79 Å². The molecule has 0 saturated carbocycles. The van der Waals surface area contributed by atoms with Gasteiger partial charge in [0.2, 0.25) is 5.91 Å². The van der Waals surface area contributed by atoms with Crippen molar-refractivity contribution in [3.63, 3.8) is 0 Å². The average molecular weight is 293 g/mol. The molecule has 0 aromatic carbocycles. The zero-order valence-electron chi connectivity index (χ0n) is 11.4. The van der Waals surface area contributed by atoms with E-state index in [0.717, 1.165) is 65.3 Å². The smallest absolute Gasteiger partial charge is 0.225 e. The highest BCUT2D eigenvalue weighted by Crippen LogP contribution is 2.14. The van der Waals surface area contributed by atoms with Crippen LogP contribution in [-0.2, 0) is 14.3 Å². The van der Waals surface area contributed by atoms with Crippen molar-refractivity contribution in [2.45, 2.75) is 19.3 Å². The van der Waals surface area contributed by atoms with Crippen LogP contribution in [-0.4, -0.2) is 52.0 Å². The van der Waals surface area contributed by atoms with Crippen molar-refractivity contribution >= 4 is 18.3 Å². The SMILES string of the molecule is Cl.O=C(NCCCOCC1CCOCC1)C1CNC1. The number of rotatable bonds is 7. The standard InChI is InChI=1S/C13H24N2O3.ClH/c16-13(12-8-14-9-12)15-4-1-5-18-10-11-2-6-17-7-3-11;/h11-12,14H,1-10H2,(H,15,16);1H. The number of amides is 1. The summed E-state index contributed by atoms with van der Waals surface area (Å²) in [4.78, 5) is 11.5. The summed E-state index contributed by atoms with van der Waals surface area (Å²) < 4.78 is 10.9. The van der Waals surface area contributed by atoms with Crippen LogP contribution in [0, 0.1) is 11.8 Å². The molecule has 2 aliphatic rings. The Bertz CT molecular complexity index is 256. The second kappa shape index (κ2) is 9.53. The molecule has 1 amide bonds. The summed E-state index contributed by atoms with van der Waals surface area (Å²) in [5, 5.41) is 6.04. The minimum atomic E-state index is 0. The maximum Gasteiger partial charge on any atom is 0.225 e. The predicted molar refractivity (Wildman–Crippen MR) is 75.6 cm³/mol. The molecule has 2 rings (SSSR count). The van der Waals surface area contributed by atoms with Gasteiger partial charge >= 0.3 is 0 Å². The fraction of sp³-hybridized carbons (Fsp3) is 0.923. The van der Waals surface area contributed by atoms with Crippen molar-refractivity contribution in [3.05, 3.63) is 0 Å². The Morgan fingerprint density at radius 3 is 2.68 bits per heavy atom. The van der Waals surface area contributed by atoms with Crippen LogP contribution in [0.2, 0.25) is 0 Å². The summed E-state index contributed by atoms with van der Waals surface area (Å²) in [5.74, 6) is 1.03. The predicted octanol–water partition coefficient (Wildman–Crippen LogP) is 0.577. The first-order chi connectivity index (χ1) is 8.86. The molecule has 5 nitrogen and oxygen atoms in total. The molecule has 0 aliphatic carbocycles. The quantitative estimate of drug-likeness (QED) is 0.674. The van der Waals surface area contributed by atoms with Crippen molar-refractivity contribution in [1.82, 2.24) is 10.6 Å². The number of carbonyl (C=O) groups is 1. The molecule has 0 radical (unpaired) electrons. The molecule has 0 aromatic heterocycles. The first-order valence-electron chi connectivity index (χ1n) is 7.00. The monoisotopic (exact) mass is 292 g/mol. The summed E-state index contributed by atoms with van der Waals surface area (Å²) >= 11 is 0. The number of halogens is 1. The van der Waals surface area contributed by atoms with E-state index in [9.17, 15) is 4.79 Å². The van der Waals surface area contributed by atoms with Crippen LogP contribution in [0.4, 0.5) is 0 Å². The Labute approximate surface area is 121 Å². The van der Waals surface area contributed by atoms with E-state index in [4.69, 9.17) is 9.47 Å². The molecule has 2 fully saturated rings. The second-order valence-corrected chi connectivity index (χ2v) is 5.13. The molecular weight excluding hydrogens is 268 g/mol. The third kappa shape index (κ3) is 6.08. The zero-order valence-corrected chi connectivity index (χ0v) is 12.2. The first kappa shape index (κ1) is 16.7. The van der Waals surface area contributed by atoms with E-state index in [-0.39, 0.29) is 24.2 Å². The topological polar surface area (TPSA) is 59.6 Å². The van der Waals surface area contributed by atoms with Crippen LogP contribution >= 0.6 is 12.4 Å². The van der Waals surface area contributed by atoms with Crippen LogP contribution < -0.4 is 10.6 Å². The second-order valence-electron chi connectivity index (χ2n) is 5.13. The summed E-state index contributed by atoms with van der Waals surface area (Å²) in [6.45, 7) is 5.70. The van der Waals surface area contributed by atoms with E-state index in [1.807, 2.05) is 0 Å². The van der Waals surface area contributed by atoms with E-state index in [2.05, 4.69) is 10.6 Å². The molecule has 112 valence electrons. The maximum atomic E-state index is 11.5. The van der Waals surface area contributed by atoms with E-state index >= 15 is 0 Å². The lowest BCUT2D eigenvalue weighted by Crippen LogP contribution is -2.50. The van der Waals surface area contributed by atoms with Gasteiger partial charge in [0.1, 0.15) is 0 Å². The van der Waals surface area contributed by atoms with Crippen molar-refractivity contribution in [2.75, 3.05) is 46.1 Å². The van der Waals surface area contributed by atoms with Gasteiger partial charge in [0.15, 0.2) is 0 Å². The number of hydrogen-bond acceptors (Lipinski definition) is 4. The van der Waals surface area contributed by atoms with Gasteiger partial charge < -0.3 is 20.1 Å². The maximum absolute atomic E-state index is 11.5. The van der Waals surface area contributed by atoms with Crippen molar-refractivity contribution in [3.8, 4) is 0 Å². The molecule has 6 heteroatoms. The molecule has 19 heavy (non-hydrogen) atoms. The van der Waals surface area contributed by atoms with Gasteiger partial charge in [-0.05, 0) is 25.2 Å². The lowest BCUT2D eigenvalue weighted by molar-refractivity contribution is -0.126. The lowest BCUT2D eigenvalue weighted by atomic mass is 10.0. The van der Waals surface area contributed by atoms with Gasteiger partial charge in [0.25, 0.3) is 0 Å². The molecule has 0 aromatic rings. The number of nitrogens with one attached hydrogen (secondary N) is 2. The largest absolute Gasteiger partial charge is 0.381 e. The fourth-order valence-corrected chi connectivity index (χ4v) is 2.17. The molecule has 0 unspecified atom stereocenters. The molecule has 2 saturated heterocycles. The van der Waals surface area contributed by atoms with Crippen LogP contribution in [0.3, 0.4) is 0 Å². The van der Waals surface area contributed by atoms with E-state index in [1.54, 1.807) is 0 Å². The molecule has 0 atom stereocenters. The summed E-state index contributed by atoms with van der Waals surface area (Å²) in [6.07, 6.45) is 3.13. The minimum Gasteiger partial charge on any atom is -0.381 e. The summed E-state index contributed by atoms with van der Waals surface area (Å²) in [5.41, 5.74) is 0. The number of ether oxygens (including phenoxy) is 2. The molecule has 0 bridgehead atoms. The number of carbonyl (C=O) groups excluding carboxylic acids is 1. The first-order valence-corrected chi connectivity index (χ1v) is 7.00. The molecular formula is C13H25ClN2O3. The average Bonchev–Trinajstić information content (AvgIpc) is 2.33. The minimum absolute atomic E-state index is 0. The molecule has 2 heterocycles. The van der Waals surface area contributed by atoms with Gasteiger partial charge in [0, 0.05) is 46.1 Å².